The Balaban J connectivity index is 2.31. The van der Waals surface area contributed by atoms with Crippen molar-refractivity contribution >= 4 is 62.3 Å². The number of amides is 1. The van der Waals surface area contributed by atoms with Gasteiger partial charge in [0.1, 0.15) is 4.60 Å². The highest BCUT2D eigenvalue weighted by atomic mass is 79.9. The maximum Gasteiger partial charge on any atom is 0.258 e. The van der Waals surface area contributed by atoms with Crippen LogP contribution in [0.2, 0.25) is 15.1 Å². The number of carbonyl (C=O) groups is 1. The summed E-state index contributed by atoms with van der Waals surface area (Å²) in [5.74, 6) is -0.412. The summed E-state index contributed by atoms with van der Waals surface area (Å²) in [7, 11) is 0. The average Bonchev–Trinajstić information content (AvgIpc) is 2.27. The molecule has 2 rings (SSSR count). The summed E-state index contributed by atoms with van der Waals surface area (Å²) in [6, 6.07) is 6.24. The molecule has 2 aromatic rings. The summed E-state index contributed by atoms with van der Waals surface area (Å²) in [5, 5.41) is 3.45. The normalized spacial score (nSPS) is 10.3. The third-order valence-corrected chi connectivity index (χ3v) is 3.47. The van der Waals surface area contributed by atoms with Crippen LogP contribution in [0.3, 0.4) is 0 Å². The molecule has 1 amide bonds. The maximum atomic E-state index is 12.1. The summed E-state index contributed by atoms with van der Waals surface area (Å²) in [6.45, 7) is 0. The molecule has 0 aliphatic carbocycles. The number of halogens is 4. The minimum atomic E-state index is -0.412. The molecular weight excluding hydrogens is 374 g/mol. The van der Waals surface area contributed by atoms with Crippen molar-refractivity contribution < 1.29 is 4.79 Å². The van der Waals surface area contributed by atoms with Crippen LogP contribution in [0.5, 0.6) is 0 Å². The predicted octanol–water partition coefficient (Wildman–Crippen LogP) is 5.06. The van der Waals surface area contributed by atoms with E-state index in [0.717, 1.165) is 0 Å². The van der Waals surface area contributed by atoms with Gasteiger partial charge in [0.15, 0.2) is 0 Å². The van der Waals surface area contributed by atoms with Gasteiger partial charge >= 0.3 is 0 Å². The van der Waals surface area contributed by atoms with E-state index in [9.17, 15) is 4.79 Å². The van der Waals surface area contributed by atoms with Crippen LogP contribution in [0, 0.1) is 0 Å². The van der Waals surface area contributed by atoms with Gasteiger partial charge in [-0.3, -0.25) is 4.79 Å². The Bertz CT molecular complexity index is 626. The van der Waals surface area contributed by atoms with Crippen molar-refractivity contribution in [1.29, 1.82) is 0 Å². The Morgan fingerprint density at radius 1 is 1.16 bits per heavy atom. The standard InChI is InChI=1S/C12H6BrCl3N2O/c13-10-5-7(1-2-17-10)18-12(19)11-8(15)3-6(14)4-9(11)16/h1-5H,(H,17,18,19). The van der Waals surface area contributed by atoms with Crippen LogP contribution in [-0.2, 0) is 0 Å². The van der Waals surface area contributed by atoms with Crippen molar-refractivity contribution in [1.82, 2.24) is 4.98 Å². The SMILES string of the molecule is O=C(Nc1ccnc(Br)c1)c1c(Cl)cc(Cl)cc1Cl. The molecule has 1 N–H and O–H groups in total. The molecule has 0 radical (unpaired) electrons. The van der Waals surface area contributed by atoms with Crippen LogP contribution in [0.15, 0.2) is 35.1 Å². The summed E-state index contributed by atoms with van der Waals surface area (Å²) >= 11 is 21.0. The number of anilines is 1. The Morgan fingerprint density at radius 2 is 1.79 bits per heavy atom. The number of hydrogen-bond donors (Lipinski definition) is 1. The molecular formula is C12H6BrCl3N2O. The van der Waals surface area contributed by atoms with Gasteiger partial charge in [0.25, 0.3) is 5.91 Å². The van der Waals surface area contributed by atoms with E-state index in [2.05, 4.69) is 26.2 Å². The first kappa shape index (κ1) is 14.6. The first-order chi connectivity index (χ1) is 8.97. The van der Waals surface area contributed by atoms with E-state index in [-0.39, 0.29) is 15.6 Å². The maximum absolute atomic E-state index is 12.1. The molecule has 7 heteroatoms. The monoisotopic (exact) mass is 378 g/mol. The zero-order valence-electron chi connectivity index (χ0n) is 9.25. The quantitative estimate of drug-likeness (QED) is 0.740. The van der Waals surface area contributed by atoms with E-state index in [1.807, 2.05) is 0 Å². The minimum absolute atomic E-state index is 0.181. The van der Waals surface area contributed by atoms with E-state index in [1.165, 1.54) is 12.1 Å². The molecule has 0 bridgehead atoms. The molecule has 0 spiro atoms. The van der Waals surface area contributed by atoms with E-state index < -0.39 is 5.91 Å². The predicted molar refractivity (Wildman–Crippen MR) is 81.4 cm³/mol. The summed E-state index contributed by atoms with van der Waals surface area (Å²) in [4.78, 5) is 16.1. The number of pyridine rings is 1. The largest absolute Gasteiger partial charge is 0.322 e. The average molecular weight is 380 g/mol. The fraction of sp³-hybridized carbons (Fsp3) is 0. The second-order valence-corrected chi connectivity index (χ2v) is 5.63. The van der Waals surface area contributed by atoms with Gasteiger partial charge in [-0.15, -0.1) is 0 Å². The van der Waals surface area contributed by atoms with Gasteiger partial charge in [0, 0.05) is 16.9 Å². The lowest BCUT2D eigenvalue weighted by molar-refractivity contribution is 0.102. The second-order valence-electron chi connectivity index (χ2n) is 3.57. The topological polar surface area (TPSA) is 42.0 Å². The lowest BCUT2D eigenvalue weighted by Crippen LogP contribution is -2.13. The van der Waals surface area contributed by atoms with Crippen molar-refractivity contribution in [3.63, 3.8) is 0 Å². The Kier molecular flexibility index (Phi) is 4.68. The van der Waals surface area contributed by atoms with E-state index in [1.54, 1.807) is 18.3 Å². The number of hydrogen-bond acceptors (Lipinski definition) is 2. The molecule has 0 aliphatic heterocycles. The second kappa shape index (κ2) is 6.09. The number of nitrogens with zero attached hydrogens (tertiary/aromatic N) is 1. The van der Waals surface area contributed by atoms with Crippen LogP contribution >= 0.6 is 50.7 Å². The van der Waals surface area contributed by atoms with Crippen molar-refractivity contribution in [2.75, 3.05) is 5.32 Å². The number of benzene rings is 1. The molecule has 1 aromatic carbocycles. The van der Waals surface area contributed by atoms with Crippen molar-refractivity contribution in [2.24, 2.45) is 0 Å². The Labute approximate surface area is 133 Å². The van der Waals surface area contributed by atoms with Crippen molar-refractivity contribution in [3.8, 4) is 0 Å². The third kappa shape index (κ3) is 3.60. The summed E-state index contributed by atoms with van der Waals surface area (Å²) in [5.41, 5.74) is 0.759. The van der Waals surface area contributed by atoms with Gasteiger partial charge in [-0.2, -0.15) is 0 Å². The molecule has 19 heavy (non-hydrogen) atoms. The highest BCUT2D eigenvalue weighted by Gasteiger charge is 2.16. The fourth-order valence-electron chi connectivity index (χ4n) is 1.43. The van der Waals surface area contributed by atoms with Crippen LogP contribution in [-0.4, -0.2) is 10.9 Å². The number of carbonyl (C=O) groups excluding carboxylic acids is 1. The molecule has 98 valence electrons. The van der Waals surface area contributed by atoms with Crippen LogP contribution in [0.4, 0.5) is 5.69 Å². The highest BCUT2D eigenvalue weighted by molar-refractivity contribution is 9.10. The molecule has 3 nitrogen and oxygen atoms in total. The molecule has 0 saturated heterocycles. The minimum Gasteiger partial charge on any atom is -0.322 e. The van der Waals surface area contributed by atoms with E-state index in [0.29, 0.717) is 15.3 Å². The van der Waals surface area contributed by atoms with Gasteiger partial charge in [-0.1, -0.05) is 34.8 Å². The van der Waals surface area contributed by atoms with Gasteiger partial charge < -0.3 is 5.32 Å². The van der Waals surface area contributed by atoms with Crippen LogP contribution in [0.25, 0.3) is 0 Å². The van der Waals surface area contributed by atoms with Gasteiger partial charge in [-0.25, -0.2) is 4.98 Å². The highest BCUT2D eigenvalue weighted by Crippen LogP contribution is 2.29. The van der Waals surface area contributed by atoms with Crippen molar-refractivity contribution in [3.05, 3.63) is 55.7 Å². The van der Waals surface area contributed by atoms with Gasteiger partial charge in [-0.05, 0) is 40.2 Å². The number of nitrogens with one attached hydrogen (secondary N) is 1. The summed E-state index contributed by atoms with van der Waals surface area (Å²) in [6.07, 6.45) is 1.56. The fourth-order valence-corrected chi connectivity index (χ4v) is 2.79. The smallest absolute Gasteiger partial charge is 0.258 e. The first-order valence-corrected chi connectivity index (χ1v) is 6.97. The van der Waals surface area contributed by atoms with Gasteiger partial charge in [0.05, 0.1) is 15.6 Å². The molecule has 0 saturated carbocycles. The Hall–Kier alpha value is -0.810. The Morgan fingerprint density at radius 3 is 2.37 bits per heavy atom. The molecule has 0 aliphatic rings. The van der Waals surface area contributed by atoms with Crippen molar-refractivity contribution in [2.45, 2.75) is 0 Å². The van der Waals surface area contributed by atoms with Crippen LogP contribution in [0.1, 0.15) is 10.4 Å². The lowest BCUT2D eigenvalue weighted by atomic mass is 10.2. The first-order valence-electron chi connectivity index (χ1n) is 5.05. The zero-order chi connectivity index (χ0) is 14.0. The number of rotatable bonds is 2. The van der Waals surface area contributed by atoms with E-state index in [4.69, 9.17) is 34.8 Å². The molecule has 0 atom stereocenters. The zero-order valence-corrected chi connectivity index (χ0v) is 13.1. The summed E-state index contributed by atoms with van der Waals surface area (Å²) < 4.78 is 0.610. The van der Waals surface area contributed by atoms with Crippen LogP contribution < -0.4 is 5.32 Å². The number of aromatic nitrogens is 1. The third-order valence-electron chi connectivity index (χ3n) is 2.22. The molecule has 1 heterocycles. The van der Waals surface area contributed by atoms with E-state index >= 15 is 0 Å². The lowest BCUT2D eigenvalue weighted by Gasteiger charge is -2.09. The molecule has 0 unspecified atom stereocenters. The molecule has 0 fully saturated rings. The molecule has 1 aromatic heterocycles. The van der Waals surface area contributed by atoms with Gasteiger partial charge in [0.2, 0.25) is 0 Å².